The van der Waals surface area contributed by atoms with Crippen molar-refractivity contribution in [3.05, 3.63) is 54.1 Å². The largest absolute Gasteiger partial charge is 0.251 e. The zero-order valence-corrected chi connectivity index (χ0v) is 18.1. The molecule has 2 atom stereocenters. The van der Waals surface area contributed by atoms with Gasteiger partial charge in [0.15, 0.2) is 0 Å². The van der Waals surface area contributed by atoms with Gasteiger partial charge in [-0.1, -0.05) is 68.8 Å². The predicted octanol–water partition coefficient (Wildman–Crippen LogP) is 8.48. The van der Waals surface area contributed by atoms with Crippen LogP contribution in [0, 0.1) is 23.7 Å². The van der Waals surface area contributed by atoms with Crippen molar-refractivity contribution in [1.82, 2.24) is 0 Å². The zero-order valence-electron chi connectivity index (χ0n) is 18.1. The molecule has 0 saturated heterocycles. The van der Waals surface area contributed by atoms with Crippen molar-refractivity contribution in [2.75, 3.05) is 0 Å². The standard InChI is InChI=1S/C27H38F2/c1-3-7-24-16-19-26(27(28,29)20-24)25-17-14-23(15-18-25)9-6-5-8-22-12-10-21(4-2)11-13-22/h4-6,10-13,23-26H,2-3,7-9,14-20H2,1H3/b6-5-. The highest BCUT2D eigenvalue weighted by molar-refractivity contribution is 5.47. The van der Waals surface area contributed by atoms with Crippen molar-refractivity contribution in [1.29, 1.82) is 0 Å². The van der Waals surface area contributed by atoms with Gasteiger partial charge in [0.1, 0.15) is 0 Å². The van der Waals surface area contributed by atoms with E-state index in [1.54, 1.807) is 0 Å². The Bertz CT molecular complexity index is 650. The molecule has 1 aromatic rings. The van der Waals surface area contributed by atoms with Crippen LogP contribution in [0.15, 0.2) is 43.0 Å². The van der Waals surface area contributed by atoms with E-state index in [-0.39, 0.29) is 24.2 Å². The van der Waals surface area contributed by atoms with Crippen LogP contribution >= 0.6 is 0 Å². The lowest BCUT2D eigenvalue weighted by atomic mass is 9.66. The number of halogens is 2. The monoisotopic (exact) mass is 400 g/mol. The van der Waals surface area contributed by atoms with Gasteiger partial charge in [-0.3, -0.25) is 0 Å². The Labute approximate surface area is 176 Å². The maximum absolute atomic E-state index is 14.8. The highest BCUT2D eigenvalue weighted by Gasteiger charge is 2.48. The first-order chi connectivity index (χ1) is 14.0. The highest BCUT2D eigenvalue weighted by Crippen LogP contribution is 2.50. The molecule has 0 spiro atoms. The predicted molar refractivity (Wildman–Crippen MR) is 120 cm³/mol. The number of hydrogen-bond donors (Lipinski definition) is 0. The Kier molecular flexibility index (Phi) is 8.09. The van der Waals surface area contributed by atoms with Gasteiger partial charge in [0.25, 0.3) is 5.92 Å². The van der Waals surface area contributed by atoms with E-state index >= 15 is 0 Å². The molecule has 2 aliphatic rings. The van der Waals surface area contributed by atoms with Crippen LogP contribution < -0.4 is 0 Å². The maximum Gasteiger partial charge on any atom is 0.251 e. The van der Waals surface area contributed by atoms with Gasteiger partial charge in [-0.15, -0.1) is 0 Å². The maximum atomic E-state index is 14.8. The Hall–Kier alpha value is -1.44. The van der Waals surface area contributed by atoms with Crippen molar-refractivity contribution < 1.29 is 8.78 Å². The molecular formula is C27H38F2. The van der Waals surface area contributed by atoms with Gasteiger partial charge in [0.2, 0.25) is 0 Å². The third-order valence-corrected chi connectivity index (χ3v) is 7.35. The fourth-order valence-corrected chi connectivity index (χ4v) is 5.62. The van der Waals surface area contributed by atoms with Gasteiger partial charge in [-0.05, 0) is 80.2 Å². The van der Waals surface area contributed by atoms with Crippen molar-refractivity contribution in [3.63, 3.8) is 0 Å². The van der Waals surface area contributed by atoms with Crippen LogP contribution in [0.2, 0.25) is 0 Å². The van der Waals surface area contributed by atoms with E-state index in [1.165, 1.54) is 5.56 Å². The Morgan fingerprint density at radius 1 is 0.966 bits per heavy atom. The second-order valence-corrected chi connectivity index (χ2v) is 9.44. The topological polar surface area (TPSA) is 0 Å². The molecule has 0 amide bonds. The zero-order chi connectivity index (χ0) is 20.7. The van der Waals surface area contributed by atoms with E-state index in [9.17, 15) is 8.78 Å². The van der Waals surface area contributed by atoms with Gasteiger partial charge >= 0.3 is 0 Å². The fraction of sp³-hybridized carbons (Fsp3) is 0.630. The molecule has 3 rings (SSSR count). The molecule has 1 aromatic carbocycles. The molecule has 0 bridgehead atoms. The molecule has 2 aliphatic carbocycles. The molecule has 0 radical (unpaired) electrons. The first-order valence-corrected chi connectivity index (χ1v) is 11.8. The van der Waals surface area contributed by atoms with Gasteiger partial charge in [-0.25, -0.2) is 8.78 Å². The Morgan fingerprint density at radius 3 is 2.28 bits per heavy atom. The molecule has 2 unspecified atom stereocenters. The minimum absolute atomic E-state index is 0.141. The molecule has 2 heteroatoms. The van der Waals surface area contributed by atoms with Gasteiger partial charge in [-0.2, -0.15) is 0 Å². The molecule has 0 N–H and O–H groups in total. The third kappa shape index (κ3) is 6.27. The SMILES string of the molecule is C=Cc1ccc(C/C=C\CC2CCC(C3CCC(CCC)CC3(F)F)CC2)cc1. The average Bonchev–Trinajstić information content (AvgIpc) is 2.72. The molecule has 29 heavy (non-hydrogen) atoms. The fourth-order valence-electron chi connectivity index (χ4n) is 5.62. The first kappa shape index (κ1) is 22.2. The second kappa shape index (κ2) is 10.5. The van der Waals surface area contributed by atoms with E-state index in [0.717, 1.165) is 69.8 Å². The van der Waals surface area contributed by atoms with Crippen LogP contribution in [0.3, 0.4) is 0 Å². The number of allylic oxidation sites excluding steroid dienone is 2. The Morgan fingerprint density at radius 2 is 1.66 bits per heavy atom. The average molecular weight is 401 g/mol. The van der Waals surface area contributed by atoms with E-state index in [2.05, 4.69) is 49.9 Å². The smallest absolute Gasteiger partial charge is 0.207 e. The summed E-state index contributed by atoms with van der Waals surface area (Å²) in [4.78, 5) is 0. The summed E-state index contributed by atoms with van der Waals surface area (Å²) in [6, 6.07) is 8.51. The van der Waals surface area contributed by atoms with Crippen molar-refractivity contribution in [2.45, 2.75) is 83.5 Å². The van der Waals surface area contributed by atoms with E-state index < -0.39 is 5.92 Å². The minimum Gasteiger partial charge on any atom is -0.207 e. The van der Waals surface area contributed by atoms with Crippen LogP contribution in [0.25, 0.3) is 6.08 Å². The van der Waals surface area contributed by atoms with Crippen LogP contribution in [-0.4, -0.2) is 5.92 Å². The summed E-state index contributed by atoms with van der Waals surface area (Å²) in [5, 5.41) is 0. The highest BCUT2D eigenvalue weighted by atomic mass is 19.3. The summed E-state index contributed by atoms with van der Waals surface area (Å²) in [6.45, 7) is 5.90. The lowest BCUT2D eigenvalue weighted by Gasteiger charge is -2.42. The third-order valence-electron chi connectivity index (χ3n) is 7.35. The van der Waals surface area contributed by atoms with Crippen LogP contribution in [0.5, 0.6) is 0 Å². The summed E-state index contributed by atoms with van der Waals surface area (Å²) in [5.74, 6) is -1.62. The van der Waals surface area contributed by atoms with E-state index in [0.29, 0.717) is 5.92 Å². The summed E-state index contributed by atoms with van der Waals surface area (Å²) in [7, 11) is 0. The molecule has 0 aliphatic heterocycles. The molecule has 0 nitrogen and oxygen atoms in total. The summed E-state index contributed by atoms with van der Waals surface area (Å²) in [6.07, 6.45) is 16.6. The number of alkyl halides is 2. The van der Waals surface area contributed by atoms with Gasteiger partial charge < -0.3 is 0 Å². The minimum atomic E-state index is -2.43. The number of benzene rings is 1. The molecule has 2 saturated carbocycles. The quantitative estimate of drug-likeness (QED) is 0.384. The number of hydrogen-bond acceptors (Lipinski definition) is 0. The molecular weight excluding hydrogens is 362 g/mol. The summed E-state index contributed by atoms with van der Waals surface area (Å²) >= 11 is 0. The van der Waals surface area contributed by atoms with E-state index in [4.69, 9.17) is 0 Å². The molecule has 0 heterocycles. The van der Waals surface area contributed by atoms with E-state index in [1.807, 2.05) is 6.08 Å². The Balaban J connectivity index is 1.40. The summed E-state index contributed by atoms with van der Waals surface area (Å²) < 4.78 is 29.5. The van der Waals surface area contributed by atoms with Crippen LogP contribution in [0.4, 0.5) is 8.78 Å². The second-order valence-electron chi connectivity index (χ2n) is 9.44. The van der Waals surface area contributed by atoms with Gasteiger partial charge in [0.05, 0.1) is 0 Å². The van der Waals surface area contributed by atoms with Crippen LogP contribution in [0.1, 0.15) is 82.3 Å². The van der Waals surface area contributed by atoms with Crippen molar-refractivity contribution in [2.24, 2.45) is 23.7 Å². The van der Waals surface area contributed by atoms with Crippen LogP contribution in [-0.2, 0) is 6.42 Å². The summed E-state index contributed by atoms with van der Waals surface area (Å²) in [5.41, 5.74) is 2.47. The van der Waals surface area contributed by atoms with Crippen molar-refractivity contribution >= 4 is 6.08 Å². The molecule has 0 aromatic heterocycles. The molecule has 2 fully saturated rings. The lowest BCUT2D eigenvalue weighted by molar-refractivity contribution is -0.128. The first-order valence-electron chi connectivity index (χ1n) is 11.8. The lowest BCUT2D eigenvalue weighted by Crippen LogP contribution is -2.41. The normalized spacial score (nSPS) is 29.8. The number of rotatable bonds is 8. The molecule has 160 valence electrons. The van der Waals surface area contributed by atoms with Gasteiger partial charge in [0, 0.05) is 12.3 Å². The van der Waals surface area contributed by atoms with Crippen molar-refractivity contribution in [3.8, 4) is 0 Å².